The van der Waals surface area contributed by atoms with Crippen LogP contribution in [0.1, 0.15) is 31.2 Å². The molecule has 0 atom stereocenters. The Morgan fingerprint density at radius 3 is 2.57 bits per heavy atom. The second-order valence-corrected chi connectivity index (χ2v) is 8.81. The van der Waals surface area contributed by atoms with E-state index in [0.717, 1.165) is 24.8 Å². The summed E-state index contributed by atoms with van der Waals surface area (Å²) in [6.07, 6.45) is 4.66. The number of hydrogen-bond acceptors (Lipinski definition) is 4. The molecule has 0 saturated carbocycles. The number of aromatic nitrogens is 1. The second-order valence-electron chi connectivity index (χ2n) is 6.87. The van der Waals surface area contributed by atoms with Crippen molar-refractivity contribution in [2.24, 2.45) is 0 Å². The van der Waals surface area contributed by atoms with Crippen LogP contribution in [0.15, 0.2) is 58.4 Å². The lowest BCUT2D eigenvalue weighted by atomic mass is 10.2. The minimum atomic E-state index is -3.49. The summed E-state index contributed by atoms with van der Waals surface area (Å²) in [6, 6.07) is 11.5. The van der Waals surface area contributed by atoms with E-state index in [2.05, 4.69) is 5.32 Å². The van der Waals surface area contributed by atoms with Gasteiger partial charge in [-0.25, -0.2) is 8.42 Å². The fraction of sp³-hybridized carbons (Fsp3) is 0.400. The quantitative estimate of drug-likeness (QED) is 0.763. The van der Waals surface area contributed by atoms with Crippen LogP contribution in [0.4, 0.5) is 0 Å². The van der Waals surface area contributed by atoms with Crippen molar-refractivity contribution in [1.29, 1.82) is 0 Å². The lowest BCUT2D eigenvalue weighted by molar-refractivity contribution is -0.121. The molecule has 0 bridgehead atoms. The molecule has 2 aromatic rings. The highest BCUT2D eigenvalue weighted by molar-refractivity contribution is 7.89. The largest absolute Gasteiger partial charge is 0.352 e. The Labute approximate surface area is 165 Å². The molecule has 8 heteroatoms. The third kappa shape index (κ3) is 5.08. The van der Waals surface area contributed by atoms with Gasteiger partial charge in [0.1, 0.15) is 0 Å². The van der Waals surface area contributed by atoms with Gasteiger partial charge in [0.05, 0.1) is 4.90 Å². The average molecular weight is 404 g/mol. The lowest BCUT2D eigenvalue weighted by Gasteiger charge is -2.26. The predicted molar refractivity (Wildman–Crippen MR) is 106 cm³/mol. The highest BCUT2D eigenvalue weighted by atomic mass is 32.2. The minimum Gasteiger partial charge on any atom is -0.352 e. The number of carbonyl (C=O) groups is 1. The number of hydrogen-bond donors (Lipinski definition) is 1. The maximum absolute atomic E-state index is 12.8. The Morgan fingerprint density at radius 1 is 1.04 bits per heavy atom. The van der Waals surface area contributed by atoms with Crippen LogP contribution >= 0.6 is 0 Å². The Morgan fingerprint density at radius 2 is 1.82 bits per heavy atom. The van der Waals surface area contributed by atoms with E-state index in [-0.39, 0.29) is 29.3 Å². The van der Waals surface area contributed by atoms with Gasteiger partial charge < -0.3 is 9.88 Å². The first-order valence-electron chi connectivity index (χ1n) is 9.48. The minimum absolute atomic E-state index is 0.147. The number of nitrogens with one attached hydrogen (secondary N) is 1. The van der Waals surface area contributed by atoms with E-state index in [1.807, 2.05) is 0 Å². The van der Waals surface area contributed by atoms with Crippen molar-refractivity contribution in [2.75, 3.05) is 13.1 Å². The van der Waals surface area contributed by atoms with Gasteiger partial charge in [0.25, 0.3) is 5.56 Å². The molecule has 3 rings (SSSR count). The molecule has 1 aliphatic rings. The zero-order valence-corrected chi connectivity index (χ0v) is 16.5. The fourth-order valence-corrected chi connectivity index (χ4v) is 4.81. The topological polar surface area (TPSA) is 88.5 Å². The summed E-state index contributed by atoms with van der Waals surface area (Å²) in [5.41, 5.74) is 0.578. The summed E-state index contributed by atoms with van der Waals surface area (Å²) in [7, 11) is -3.49. The molecule has 0 radical (unpaired) electrons. The molecule has 0 aliphatic carbocycles. The summed E-state index contributed by atoms with van der Waals surface area (Å²) >= 11 is 0. The summed E-state index contributed by atoms with van der Waals surface area (Å²) < 4.78 is 28.6. The standard InChI is InChI=1S/C20H25N3O4S/c24-19(10-14-22-11-5-2-9-20(22)25)21-16-17-7-6-8-18(15-17)28(26,27)23-12-3-1-4-13-23/h2,5-9,11,15H,1,3-4,10,12-14,16H2,(H,21,24). The van der Waals surface area contributed by atoms with E-state index in [4.69, 9.17) is 0 Å². The van der Waals surface area contributed by atoms with Gasteiger partial charge in [0.15, 0.2) is 0 Å². The molecule has 2 heterocycles. The third-order valence-electron chi connectivity index (χ3n) is 4.82. The summed E-state index contributed by atoms with van der Waals surface area (Å²) in [5, 5.41) is 2.78. The molecule has 1 amide bonds. The normalized spacial score (nSPS) is 15.3. The van der Waals surface area contributed by atoms with E-state index >= 15 is 0 Å². The first kappa shape index (κ1) is 20.3. The van der Waals surface area contributed by atoms with Crippen molar-refractivity contribution in [2.45, 2.75) is 43.7 Å². The predicted octanol–water partition coefficient (Wildman–Crippen LogP) is 1.73. The van der Waals surface area contributed by atoms with Crippen molar-refractivity contribution in [3.05, 3.63) is 64.6 Å². The first-order chi connectivity index (χ1) is 13.5. The van der Waals surface area contributed by atoms with Crippen molar-refractivity contribution in [3.8, 4) is 0 Å². The molecule has 1 aliphatic heterocycles. The van der Waals surface area contributed by atoms with Crippen LogP contribution in [0.25, 0.3) is 0 Å². The summed E-state index contributed by atoms with van der Waals surface area (Å²) in [6.45, 7) is 1.66. The van der Waals surface area contributed by atoms with E-state index in [1.54, 1.807) is 42.6 Å². The first-order valence-corrected chi connectivity index (χ1v) is 10.9. The zero-order chi connectivity index (χ0) is 20.0. The molecule has 1 fully saturated rings. The Hall–Kier alpha value is -2.45. The number of pyridine rings is 1. The number of amides is 1. The Kier molecular flexibility index (Phi) is 6.64. The SMILES string of the molecule is O=C(CCn1ccccc1=O)NCc1cccc(S(=O)(=O)N2CCCCC2)c1. The molecule has 7 nitrogen and oxygen atoms in total. The van der Waals surface area contributed by atoms with Crippen LogP contribution in [-0.4, -0.2) is 36.3 Å². The van der Waals surface area contributed by atoms with Crippen LogP contribution in [0.3, 0.4) is 0 Å². The lowest BCUT2D eigenvalue weighted by Crippen LogP contribution is -2.35. The zero-order valence-electron chi connectivity index (χ0n) is 15.7. The molecule has 150 valence electrons. The monoisotopic (exact) mass is 403 g/mol. The molecular formula is C20H25N3O4S. The number of sulfonamides is 1. The van der Waals surface area contributed by atoms with Crippen LogP contribution in [0.5, 0.6) is 0 Å². The van der Waals surface area contributed by atoms with Gasteiger partial charge in [-0.2, -0.15) is 4.31 Å². The van der Waals surface area contributed by atoms with Gasteiger partial charge >= 0.3 is 0 Å². The molecule has 28 heavy (non-hydrogen) atoms. The van der Waals surface area contributed by atoms with Gasteiger partial charge in [0.2, 0.25) is 15.9 Å². The number of nitrogens with zero attached hydrogens (tertiary/aromatic N) is 2. The van der Waals surface area contributed by atoms with Gasteiger partial charge in [-0.3, -0.25) is 9.59 Å². The van der Waals surface area contributed by atoms with Crippen LogP contribution < -0.4 is 10.9 Å². The Balaban J connectivity index is 1.58. The van der Waals surface area contributed by atoms with Crippen molar-refractivity contribution in [3.63, 3.8) is 0 Å². The Bertz CT molecular complexity index is 979. The average Bonchev–Trinajstić information content (AvgIpc) is 2.72. The van der Waals surface area contributed by atoms with Crippen LogP contribution in [0, 0.1) is 0 Å². The molecule has 0 unspecified atom stereocenters. The number of carbonyl (C=O) groups excluding carboxylic acids is 1. The van der Waals surface area contributed by atoms with Crippen molar-refractivity contribution >= 4 is 15.9 Å². The summed E-state index contributed by atoms with van der Waals surface area (Å²) in [4.78, 5) is 24.0. The number of aryl methyl sites for hydroxylation is 1. The van der Waals surface area contributed by atoms with E-state index in [0.29, 0.717) is 19.6 Å². The molecule has 1 aromatic heterocycles. The molecule has 1 N–H and O–H groups in total. The smallest absolute Gasteiger partial charge is 0.250 e. The molecule has 1 aromatic carbocycles. The van der Waals surface area contributed by atoms with E-state index < -0.39 is 10.0 Å². The molecule has 1 saturated heterocycles. The van der Waals surface area contributed by atoms with E-state index in [1.165, 1.54) is 14.9 Å². The van der Waals surface area contributed by atoms with Crippen molar-refractivity contribution < 1.29 is 13.2 Å². The van der Waals surface area contributed by atoms with Gasteiger partial charge in [-0.1, -0.05) is 24.6 Å². The van der Waals surface area contributed by atoms with Crippen molar-refractivity contribution in [1.82, 2.24) is 14.2 Å². The van der Waals surface area contributed by atoms with Crippen LogP contribution in [-0.2, 0) is 27.9 Å². The molecule has 0 spiro atoms. The highest BCUT2D eigenvalue weighted by Gasteiger charge is 2.25. The summed E-state index contributed by atoms with van der Waals surface area (Å²) in [5.74, 6) is -0.194. The second kappa shape index (κ2) is 9.16. The number of benzene rings is 1. The van der Waals surface area contributed by atoms with Gasteiger partial charge in [0, 0.05) is 44.9 Å². The highest BCUT2D eigenvalue weighted by Crippen LogP contribution is 2.21. The molecular weight excluding hydrogens is 378 g/mol. The maximum atomic E-state index is 12.8. The maximum Gasteiger partial charge on any atom is 0.250 e. The number of piperidine rings is 1. The number of rotatable bonds is 7. The van der Waals surface area contributed by atoms with Crippen LogP contribution in [0.2, 0.25) is 0 Å². The van der Waals surface area contributed by atoms with Gasteiger partial charge in [-0.05, 0) is 36.6 Å². The van der Waals surface area contributed by atoms with E-state index in [9.17, 15) is 18.0 Å². The third-order valence-corrected chi connectivity index (χ3v) is 6.71. The fourth-order valence-electron chi connectivity index (χ4n) is 3.23. The van der Waals surface area contributed by atoms with Gasteiger partial charge in [-0.15, -0.1) is 0 Å².